The van der Waals surface area contributed by atoms with Gasteiger partial charge >= 0.3 is 0 Å². The van der Waals surface area contributed by atoms with Crippen LogP contribution in [-0.2, 0) is 4.79 Å². The predicted octanol–water partition coefficient (Wildman–Crippen LogP) is 4.58. The van der Waals surface area contributed by atoms with Crippen LogP contribution in [0.3, 0.4) is 0 Å². The van der Waals surface area contributed by atoms with Gasteiger partial charge in [0.1, 0.15) is 0 Å². The molecular formula is C25H26N4O4. The first-order chi connectivity index (χ1) is 16.0. The van der Waals surface area contributed by atoms with Crippen LogP contribution in [0.5, 0.6) is 11.5 Å². The molecular weight excluding hydrogens is 420 g/mol. The summed E-state index contributed by atoms with van der Waals surface area (Å²) in [5.74, 6) is 0.307. The van der Waals surface area contributed by atoms with Crippen LogP contribution in [0.2, 0.25) is 0 Å². The van der Waals surface area contributed by atoms with E-state index in [0.29, 0.717) is 28.5 Å². The first-order valence-corrected chi connectivity index (χ1v) is 10.3. The molecule has 0 bridgehead atoms. The van der Waals surface area contributed by atoms with Gasteiger partial charge < -0.3 is 20.1 Å². The van der Waals surface area contributed by atoms with Crippen molar-refractivity contribution in [3.05, 3.63) is 78.4 Å². The number of carbonyl (C=O) groups excluding carboxylic acids is 2. The first-order valence-electron chi connectivity index (χ1n) is 10.3. The molecule has 8 nitrogen and oxygen atoms in total. The number of benzene rings is 3. The number of nitrogens with one attached hydrogen (secondary N) is 3. The summed E-state index contributed by atoms with van der Waals surface area (Å²) >= 11 is 0. The second-order valence-corrected chi connectivity index (χ2v) is 7.15. The van der Waals surface area contributed by atoms with Gasteiger partial charge in [-0.15, -0.1) is 0 Å². The van der Waals surface area contributed by atoms with Crippen LogP contribution in [0.15, 0.2) is 77.9 Å². The van der Waals surface area contributed by atoms with E-state index < -0.39 is 5.91 Å². The molecule has 0 fully saturated rings. The molecule has 8 heteroatoms. The molecule has 0 atom stereocenters. The Morgan fingerprint density at radius 3 is 2.12 bits per heavy atom. The van der Waals surface area contributed by atoms with Gasteiger partial charge in [0, 0.05) is 28.3 Å². The van der Waals surface area contributed by atoms with Crippen molar-refractivity contribution < 1.29 is 19.1 Å². The number of hydrazone groups is 1. The van der Waals surface area contributed by atoms with Crippen molar-refractivity contribution in [2.75, 3.05) is 24.9 Å². The largest absolute Gasteiger partial charge is 0.493 e. The summed E-state index contributed by atoms with van der Waals surface area (Å²) in [4.78, 5) is 24.7. The molecule has 3 aromatic carbocycles. The van der Waals surface area contributed by atoms with E-state index in [9.17, 15) is 9.59 Å². The number of para-hydroxylation sites is 1. The smallest absolute Gasteiger partial charge is 0.271 e. The lowest BCUT2D eigenvalue weighted by atomic mass is 10.2. The standard InChI is InChI=1S/C25H26N4O4/c1-17(28-29-25(31)18-9-14-22(32-2)23(16-18)33-3)15-24(30)27-21-12-10-20(11-13-21)26-19-7-5-4-6-8-19/h4-14,16,26H,15H2,1-3H3,(H,27,30)(H,29,31)/b28-17-. The number of methoxy groups -OCH3 is 2. The fraction of sp³-hybridized carbons (Fsp3) is 0.160. The molecule has 0 saturated carbocycles. The average Bonchev–Trinajstić information content (AvgIpc) is 2.83. The molecule has 0 unspecified atom stereocenters. The quantitative estimate of drug-likeness (QED) is 0.330. The Morgan fingerprint density at radius 2 is 1.45 bits per heavy atom. The summed E-state index contributed by atoms with van der Waals surface area (Å²) in [5, 5.41) is 10.1. The van der Waals surface area contributed by atoms with Gasteiger partial charge in [0.05, 0.1) is 20.6 Å². The highest BCUT2D eigenvalue weighted by atomic mass is 16.5. The van der Waals surface area contributed by atoms with Crippen LogP contribution in [-0.4, -0.2) is 31.7 Å². The molecule has 0 saturated heterocycles. The molecule has 0 aliphatic carbocycles. The number of rotatable bonds is 9. The molecule has 33 heavy (non-hydrogen) atoms. The third-order valence-electron chi connectivity index (χ3n) is 4.64. The molecule has 0 spiro atoms. The lowest BCUT2D eigenvalue weighted by Gasteiger charge is -2.09. The van der Waals surface area contributed by atoms with Crippen LogP contribution in [0.1, 0.15) is 23.7 Å². The second-order valence-electron chi connectivity index (χ2n) is 7.15. The highest BCUT2D eigenvalue weighted by Gasteiger charge is 2.11. The van der Waals surface area contributed by atoms with Gasteiger partial charge in [-0.2, -0.15) is 5.10 Å². The molecule has 3 aromatic rings. The number of hydrogen-bond donors (Lipinski definition) is 3. The van der Waals surface area contributed by atoms with Crippen molar-refractivity contribution in [1.29, 1.82) is 0 Å². The van der Waals surface area contributed by atoms with Gasteiger partial charge in [0.2, 0.25) is 5.91 Å². The highest BCUT2D eigenvalue weighted by molar-refractivity contribution is 6.06. The van der Waals surface area contributed by atoms with Crippen molar-refractivity contribution in [2.45, 2.75) is 13.3 Å². The predicted molar refractivity (Wildman–Crippen MR) is 130 cm³/mol. The monoisotopic (exact) mass is 446 g/mol. The third kappa shape index (κ3) is 6.83. The van der Waals surface area contributed by atoms with Gasteiger partial charge in [-0.05, 0) is 61.5 Å². The minimum absolute atomic E-state index is 0.0379. The fourth-order valence-electron chi connectivity index (χ4n) is 2.99. The maximum absolute atomic E-state index is 12.3. The van der Waals surface area contributed by atoms with Gasteiger partial charge in [0.25, 0.3) is 5.91 Å². The van der Waals surface area contributed by atoms with Crippen molar-refractivity contribution in [3.63, 3.8) is 0 Å². The van der Waals surface area contributed by atoms with E-state index in [2.05, 4.69) is 21.2 Å². The van der Waals surface area contributed by atoms with Crippen molar-refractivity contribution in [2.24, 2.45) is 5.10 Å². The van der Waals surface area contributed by atoms with Crippen molar-refractivity contribution >= 4 is 34.6 Å². The molecule has 0 heterocycles. The third-order valence-corrected chi connectivity index (χ3v) is 4.64. The summed E-state index contributed by atoms with van der Waals surface area (Å²) in [5.41, 5.74) is 5.83. The molecule has 170 valence electrons. The van der Waals surface area contributed by atoms with Crippen molar-refractivity contribution in [3.8, 4) is 11.5 Å². The zero-order chi connectivity index (χ0) is 23.6. The number of ether oxygens (including phenoxy) is 2. The summed E-state index contributed by atoms with van der Waals surface area (Å²) in [6.07, 6.45) is 0.0379. The Labute approximate surface area is 192 Å². The first kappa shape index (κ1) is 23.3. The fourth-order valence-corrected chi connectivity index (χ4v) is 2.99. The summed E-state index contributed by atoms with van der Waals surface area (Å²) in [7, 11) is 3.01. The summed E-state index contributed by atoms with van der Waals surface area (Å²) in [6, 6.07) is 22.0. The van der Waals surface area contributed by atoms with E-state index in [1.54, 1.807) is 25.1 Å². The van der Waals surface area contributed by atoms with Crippen LogP contribution >= 0.6 is 0 Å². The molecule has 0 aliphatic rings. The summed E-state index contributed by atoms with van der Waals surface area (Å²) < 4.78 is 10.4. The number of carbonyl (C=O) groups is 2. The minimum atomic E-state index is -0.419. The molecule has 3 rings (SSSR count). The van der Waals surface area contributed by atoms with Crippen LogP contribution < -0.4 is 25.5 Å². The Balaban J connectivity index is 1.51. The van der Waals surface area contributed by atoms with E-state index in [4.69, 9.17) is 9.47 Å². The van der Waals surface area contributed by atoms with Gasteiger partial charge in [-0.1, -0.05) is 18.2 Å². The van der Waals surface area contributed by atoms with Gasteiger partial charge in [-0.3, -0.25) is 9.59 Å². The van der Waals surface area contributed by atoms with E-state index in [1.807, 2.05) is 54.6 Å². The minimum Gasteiger partial charge on any atom is -0.493 e. The maximum atomic E-state index is 12.3. The van der Waals surface area contributed by atoms with Gasteiger partial charge in [0.15, 0.2) is 11.5 Å². The lowest BCUT2D eigenvalue weighted by Crippen LogP contribution is -2.21. The molecule has 2 amide bonds. The Hall–Kier alpha value is -4.33. The molecule has 0 aromatic heterocycles. The number of amides is 2. The zero-order valence-corrected chi connectivity index (χ0v) is 18.7. The lowest BCUT2D eigenvalue weighted by molar-refractivity contribution is -0.115. The normalized spacial score (nSPS) is 10.8. The second kappa shape index (κ2) is 11.3. The van der Waals surface area contributed by atoms with E-state index >= 15 is 0 Å². The van der Waals surface area contributed by atoms with Crippen LogP contribution in [0.25, 0.3) is 0 Å². The van der Waals surface area contributed by atoms with E-state index in [1.165, 1.54) is 14.2 Å². The average molecular weight is 447 g/mol. The summed E-state index contributed by atoms with van der Waals surface area (Å²) in [6.45, 7) is 1.67. The Morgan fingerprint density at radius 1 is 0.818 bits per heavy atom. The molecule has 3 N–H and O–H groups in total. The molecule has 0 aliphatic heterocycles. The zero-order valence-electron chi connectivity index (χ0n) is 18.7. The topological polar surface area (TPSA) is 101 Å². The van der Waals surface area contributed by atoms with Gasteiger partial charge in [-0.25, -0.2) is 5.43 Å². The van der Waals surface area contributed by atoms with E-state index in [0.717, 1.165) is 11.4 Å². The van der Waals surface area contributed by atoms with Crippen molar-refractivity contribution in [1.82, 2.24) is 5.43 Å². The Kier molecular flexibility index (Phi) is 8.02. The number of anilines is 3. The molecule has 0 radical (unpaired) electrons. The van der Waals surface area contributed by atoms with E-state index in [-0.39, 0.29) is 12.3 Å². The maximum Gasteiger partial charge on any atom is 0.271 e. The van der Waals surface area contributed by atoms with Crippen LogP contribution in [0.4, 0.5) is 17.1 Å². The number of hydrogen-bond acceptors (Lipinski definition) is 6. The Bertz CT molecular complexity index is 1130. The highest BCUT2D eigenvalue weighted by Crippen LogP contribution is 2.27. The van der Waals surface area contributed by atoms with Crippen LogP contribution in [0, 0.1) is 0 Å². The SMILES string of the molecule is COc1ccc(C(=O)N/N=C(/C)CC(=O)Nc2ccc(Nc3ccccc3)cc2)cc1OC. The number of nitrogens with zero attached hydrogens (tertiary/aromatic N) is 1.